The highest BCUT2D eigenvalue weighted by atomic mass is 19.4. The topological polar surface area (TPSA) is 71.1 Å². The first-order valence-corrected chi connectivity index (χ1v) is 5.36. The number of carbonyl (C=O) groups excluding carboxylic acids is 2. The first kappa shape index (κ1) is 14.9. The van der Waals surface area contributed by atoms with Gasteiger partial charge in [0, 0.05) is 26.2 Å². The number of carbonyl (C=O) groups is 2. The molecule has 19 heavy (non-hydrogen) atoms. The van der Waals surface area contributed by atoms with E-state index in [1.54, 1.807) is 0 Å². The van der Waals surface area contributed by atoms with E-state index in [0.29, 0.717) is 0 Å². The fourth-order valence-electron chi connectivity index (χ4n) is 1.21. The van der Waals surface area contributed by atoms with Crippen LogP contribution < -0.4 is 10.6 Å². The summed E-state index contributed by atoms with van der Waals surface area (Å²) < 4.78 is 36.7. The summed E-state index contributed by atoms with van der Waals surface area (Å²) in [6, 6.07) is 1.78. The van der Waals surface area contributed by atoms with Crippen molar-refractivity contribution in [2.24, 2.45) is 0 Å². The molecule has 0 atom stereocenters. The number of amides is 2. The Hall–Kier alpha value is -2.12. The quantitative estimate of drug-likeness (QED) is 0.804. The Bertz CT molecular complexity index is 457. The third-order valence-electron chi connectivity index (χ3n) is 2.10. The number of alkyl halides is 3. The number of hydrogen-bond acceptors (Lipinski definition) is 3. The lowest BCUT2D eigenvalue weighted by molar-refractivity contribution is -0.141. The molecule has 2 amide bonds. The Balaban J connectivity index is 2.52. The zero-order valence-corrected chi connectivity index (χ0v) is 10.0. The van der Waals surface area contributed by atoms with Gasteiger partial charge in [-0.3, -0.25) is 14.6 Å². The van der Waals surface area contributed by atoms with E-state index in [-0.39, 0.29) is 24.6 Å². The minimum absolute atomic E-state index is 0.0239. The minimum atomic E-state index is -4.53. The van der Waals surface area contributed by atoms with Gasteiger partial charge in [-0.05, 0) is 12.1 Å². The molecule has 104 valence electrons. The van der Waals surface area contributed by atoms with Gasteiger partial charge in [0.15, 0.2) is 0 Å². The van der Waals surface area contributed by atoms with Gasteiger partial charge in [-0.15, -0.1) is 0 Å². The first-order chi connectivity index (χ1) is 8.80. The maximum absolute atomic E-state index is 12.2. The van der Waals surface area contributed by atoms with Crippen LogP contribution in [0.1, 0.15) is 23.0 Å². The SMILES string of the molecule is CC(=O)NCCNC(=O)c1ccc(C(F)(F)F)nc1. The molecule has 2 N–H and O–H groups in total. The van der Waals surface area contributed by atoms with Crippen LogP contribution in [0.25, 0.3) is 0 Å². The van der Waals surface area contributed by atoms with Crippen molar-refractivity contribution in [1.82, 2.24) is 15.6 Å². The van der Waals surface area contributed by atoms with E-state index in [2.05, 4.69) is 15.6 Å². The smallest absolute Gasteiger partial charge is 0.355 e. The number of hydrogen-bond donors (Lipinski definition) is 2. The normalized spacial score (nSPS) is 10.9. The molecule has 0 unspecified atom stereocenters. The van der Waals surface area contributed by atoms with Crippen LogP contribution in [-0.2, 0) is 11.0 Å². The minimum Gasteiger partial charge on any atom is -0.355 e. The van der Waals surface area contributed by atoms with Gasteiger partial charge in [-0.2, -0.15) is 13.2 Å². The molecule has 0 spiro atoms. The van der Waals surface area contributed by atoms with Crippen LogP contribution in [0.15, 0.2) is 18.3 Å². The zero-order valence-electron chi connectivity index (χ0n) is 10.0. The van der Waals surface area contributed by atoms with Gasteiger partial charge in [-0.25, -0.2) is 0 Å². The molecule has 0 fully saturated rings. The van der Waals surface area contributed by atoms with E-state index >= 15 is 0 Å². The molecular formula is C11H12F3N3O2. The molecule has 8 heteroatoms. The van der Waals surface area contributed by atoms with Gasteiger partial charge < -0.3 is 10.6 Å². The Morgan fingerprint density at radius 3 is 2.32 bits per heavy atom. The lowest BCUT2D eigenvalue weighted by Crippen LogP contribution is -2.33. The van der Waals surface area contributed by atoms with Crippen molar-refractivity contribution in [3.63, 3.8) is 0 Å². The highest BCUT2D eigenvalue weighted by molar-refractivity contribution is 5.93. The molecule has 1 heterocycles. The molecule has 0 bridgehead atoms. The lowest BCUT2D eigenvalue weighted by atomic mass is 10.2. The predicted molar refractivity (Wildman–Crippen MR) is 60.3 cm³/mol. The van der Waals surface area contributed by atoms with E-state index in [9.17, 15) is 22.8 Å². The van der Waals surface area contributed by atoms with Gasteiger partial charge in [0.05, 0.1) is 5.56 Å². The fourth-order valence-corrected chi connectivity index (χ4v) is 1.21. The average molecular weight is 275 g/mol. The van der Waals surface area contributed by atoms with Crippen molar-refractivity contribution in [2.75, 3.05) is 13.1 Å². The predicted octanol–water partition coefficient (Wildman–Crippen LogP) is 0.966. The summed E-state index contributed by atoms with van der Waals surface area (Å²) in [4.78, 5) is 25.2. The Morgan fingerprint density at radius 2 is 1.84 bits per heavy atom. The largest absolute Gasteiger partial charge is 0.433 e. The first-order valence-electron chi connectivity index (χ1n) is 5.36. The monoisotopic (exact) mass is 275 g/mol. The highest BCUT2D eigenvalue weighted by Crippen LogP contribution is 2.27. The van der Waals surface area contributed by atoms with Gasteiger partial charge >= 0.3 is 6.18 Å². The summed E-state index contributed by atoms with van der Waals surface area (Å²) in [5, 5.41) is 4.90. The summed E-state index contributed by atoms with van der Waals surface area (Å²) in [5.41, 5.74) is -1.03. The number of nitrogens with one attached hydrogen (secondary N) is 2. The molecule has 0 aliphatic heterocycles. The van der Waals surface area contributed by atoms with E-state index < -0.39 is 17.8 Å². The van der Waals surface area contributed by atoms with E-state index in [1.165, 1.54) is 6.92 Å². The number of halogens is 3. The Labute approximate surface area is 107 Å². The van der Waals surface area contributed by atoms with Crippen LogP contribution in [0.5, 0.6) is 0 Å². The third kappa shape index (κ3) is 4.94. The summed E-state index contributed by atoms with van der Waals surface area (Å²) in [5.74, 6) is -0.781. The number of pyridine rings is 1. The van der Waals surface area contributed by atoms with Crippen LogP contribution >= 0.6 is 0 Å². The molecule has 1 rings (SSSR count). The van der Waals surface area contributed by atoms with Crippen LogP contribution in [0.4, 0.5) is 13.2 Å². The van der Waals surface area contributed by atoms with Crippen LogP contribution in [0.2, 0.25) is 0 Å². The van der Waals surface area contributed by atoms with Crippen molar-refractivity contribution >= 4 is 11.8 Å². The zero-order chi connectivity index (χ0) is 14.5. The molecule has 0 saturated heterocycles. The Morgan fingerprint density at radius 1 is 1.21 bits per heavy atom. The van der Waals surface area contributed by atoms with Crippen molar-refractivity contribution in [2.45, 2.75) is 13.1 Å². The molecule has 1 aromatic rings. The van der Waals surface area contributed by atoms with Gasteiger partial charge in [0.25, 0.3) is 5.91 Å². The molecule has 1 aromatic heterocycles. The summed E-state index contributed by atoms with van der Waals surface area (Å²) >= 11 is 0. The maximum Gasteiger partial charge on any atom is 0.433 e. The standard InChI is InChI=1S/C11H12F3N3O2/c1-7(18)15-4-5-16-10(19)8-2-3-9(17-6-8)11(12,13)14/h2-3,6H,4-5H2,1H3,(H,15,18)(H,16,19). The van der Waals surface area contributed by atoms with Crippen molar-refractivity contribution in [3.05, 3.63) is 29.6 Å². The lowest BCUT2D eigenvalue weighted by Gasteiger charge is -2.07. The van der Waals surface area contributed by atoms with Crippen LogP contribution in [0, 0.1) is 0 Å². The Kier molecular flexibility index (Phi) is 4.85. The second-order valence-electron chi connectivity index (χ2n) is 3.67. The molecule has 0 aliphatic rings. The van der Waals surface area contributed by atoms with E-state index in [1.807, 2.05) is 0 Å². The number of aromatic nitrogens is 1. The number of rotatable bonds is 4. The summed E-state index contributed by atoms with van der Waals surface area (Å²) in [6.07, 6.45) is -3.67. The second-order valence-corrected chi connectivity index (χ2v) is 3.67. The molecule has 5 nitrogen and oxygen atoms in total. The van der Waals surface area contributed by atoms with Crippen molar-refractivity contribution in [3.8, 4) is 0 Å². The fraction of sp³-hybridized carbons (Fsp3) is 0.364. The molecule has 0 aromatic carbocycles. The van der Waals surface area contributed by atoms with Gasteiger partial charge in [0.2, 0.25) is 5.91 Å². The molecular weight excluding hydrogens is 263 g/mol. The molecule has 0 aliphatic carbocycles. The summed E-state index contributed by atoms with van der Waals surface area (Å²) in [7, 11) is 0. The molecule has 0 radical (unpaired) electrons. The third-order valence-corrected chi connectivity index (χ3v) is 2.10. The average Bonchev–Trinajstić information content (AvgIpc) is 2.33. The number of nitrogens with zero attached hydrogens (tertiary/aromatic N) is 1. The van der Waals surface area contributed by atoms with Crippen molar-refractivity contribution in [1.29, 1.82) is 0 Å². The summed E-state index contributed by atoms with van der Waals surface area (Å²) in [6.45, 7) is 1.76. The van der Waals surface area contributed by atoms with E-state index in [4.69, 9.17) is 0 Å². The molecule has 0 saturated carbocycles. The van der Waals surface area contributed by atoms with Gasteiger partial charge in [-0.1, -0.05) is 0 Å². The van der Waals surface area contributed by atoms with Crippen molar-refractivity contribution < 1.29 is 22.8 Å². The van der Waals surface area contributed by atoms with Crippen LogP contribution in [0.3, 0.4) is 0 Å². The highest BCUT2D eigenvalue weighted by Gasteiger charge is 2.32. The van der Waals surface area contributed by atoms with E-state index in [0.717, 1.165) is 18.3 Å². The second kappa shape index (κ2) is 6.17. The van der Waals surface area contributed by atoms with Gasteiger partial charge in [0.1, 0.15) is 5.69 Å². The maximum atomic E-state index is 12.2. The van der Waals surface area contributed by atoms with Crippen LogP contribution in [-0.4, -0.2) is 29.9 Å².